The summed E-state index contributed by atoms with van der Waals surface area (Å²) in [5.74, 6) is -1.88. The predicted molar refractivity (Wildman–Crippen MR) is 140 cm³/mol. The Morgan fingerprint density at radius 2 is 1.86 bits per heavy atom. The van der Waals surface area contributed by atoms with E-state index < -0.39 is 22.8 Å². The lowest BCUT2D eigenvalue weighted by Crippen LogP contribution is -2.60. The number of hydrogen-bond acceptors (Lipinski definition) is 4. The summed E-state index contributed by atoms with van der Waals surface area (Å²) in [6, 6.07) is 9.00. The van der Waals surface area contributed by atoms with E-state index in [0.717, 1.165) is 36.1 Å². The molecule has 192 valence electrons. The van der Waals surface area contributed by atoms with Crippen LogP contribution in [0.1, 0.15) is 60.6 Å². The van der Waals surface area contributed by atoms with E-state index in [0.29, 0.717) is 23.7 Å². The van der Waals surface area contributed by atoms with Gasteiger partial charge >= 0.3 is 5.97 Å². The Morgan fingerprint density at radius 1 is 1.14 bits per heavy atom. The molecule has 2 saturated heterocycles. The number of aromatic nitrogens is 2. The van der Waals surface area contributed by atoms with Crippen LogP contribution in [0.25, 0.3) is 22.2 Å². The number of aromatic amines is 1. The highest BCUT2D eigenvalue weighted by molar-refractivity contribution is 5.92. The molecule has 0 radical (unpaired) electrons. The number of hydrogen-bond donors (Lipinski definition) is 4. The van der Waals surface area contributed by atoms with Crippen molar-refractivity contribution in [3.05, 3.63) is 51.4 Å². The number of carboxylic acids is 1. The number of aryl methyl sites for hydroxylation is 1. The van der Waals surface area contributed by atoms with Gasteiger partial charge in [0, 0.05) is 49.4 Å². The summed E-state index contributed by atoms with van der Waals surface area (Å²) in [5.41, 5.74) is 2.72. The minimum Gasteiger partial charge on any atom is -0.506 e. The Morgan fingerprint density at radius 3 is 2.53 bits per heavy atom. The van der Waals surface area contributed by atoms with Crippen LogP contribution in [0.15, 0.2) is 29.1 Å². The molecular formula is C28H37N4O4+. The minimum atomic E-state index is -1.43. The molecular weight excluding hydrogens is 456 g/mol. The number of nitrogens with one attached hydrogen (secondary N) is 2. The number of carbonyl (C=O) groups is 1. The van der Waals surface area contributed by atoms with Crippen molar-refractivity contribution < 1.29 is 19.5 Å². The second-order valence-corrected chi connectivity index (χ2v) is 10.5. The summed E-state index contributed by atoms with van der Waals surface area (Å²) in [4.78, 5) is 26.7. The van der Waals surface area contributed by atoms with Crippen LogP contribution >= 0.6 is 0 Å². The van der Waals surface area contributed by atoms with Gasteiger partial charge in [0.25, 0.3) is 5.56 Å². The SMILES string of the molecule is CCc1c(-c2ccc3c(c2)cc(C[N+]2(C4CCNCC4)CCCCC2)n3C)[nH]c(=O)c(C(=O)O)c1O. The zero-order valence-electron chi connectivity index (χ0n) is 21.3. The van der Waals surface area contributed by atoms with Crippen molar-refractivity contribution in [1.29, 1.82) is 0 Å². The molecule has 4 N–H and O–H groups in total. The van der Waals surface area contributed by atoms with Gasteiger partial charge in [-0.15, -0.1) is 0 Å². The van der Waals surface area contributed by atoms with E-state index in [2.05, 4.69) is 34.0 Å². The number of H-pyrrole nitrogens is 1. The Balaban J connectivity index is 1.54. The number of rotatable bonds is 6. The monoisotopic (exact) mass is 493 g/mol. The molecule has 2 aliphatic rings. The maximum atomic E-state index is 12.5. The number of benzene rings is 1. The minimum absolute atomic E-state index is 0.395. The number of nitrogens with zero attached hydrogens (tertiary/aromatic N) is 2. The van der Waals surface area contributed by atoms with Crippen LogP contribution in [0.4, 0.5) is 0 Å². The highest BCUT2D eigenvalue weighted by Crippen LogP contribution is 2.35. The lowest BCUT2D eigenvalue weighted by Gasteiger charge is -2.48. The average molecular weight is 494 g/mol. The van der Waals surface area contributed by atoms with Gasteiger partial charge in [0.05, 0.1) is 30.5 Å². The van der Waals surface area contributed by atoms with Gasteiger partial charge in [-0.1, -0.05) is 13.0 Å². The fourth-order valence-corrected chi connectivity index (χ4v) is 6.60. The normalized spacial score (nSPS) is 18.5. The molecule has 8 nitrogen and oxygen atoms in total. The Labute approximate surface area is 211 Å². The first-order valence-electron chi connectivity index (χ1n) is 13.2. The van der Waals surface area contributed by atoms with Gasteiger partial charge in [-0.05, 0) is 49.4 Å². The van der Waals surface area contributed by atoms with Crippen molar-refractivity contribution >= 4 is 16.9 Å². The number of piperidine rings is 2. The van der Waals surface area contributed by atoms with Gasteiger partial charge in [0.15, 0.2) is 5.56 Å². The quantitative estimate of drug-likeness (QED) is 0.391. The van der Waals surface area contributed by atoms with Gasteiger partial charge in [-0.3, -0.25) is 4.79 Å². The Bertz CT molecular complexity index is 1340. The van der Waals surface area contributed by atoms with Gasteiger partial charge in [0.2, 0.25) is 0 Å². The summed E-state index contributed by atoms with van der Waals surface area (Å²) in [7, 11) is 2.13. The topological polar surface area (TPSA) is 107 Å². The van der Waals surface area contributed by atoms with E-state index >= 15 is 0 Å². The highest BCUT2D eigenvalue weighted by atomic mass is 16.4. The van der Waals surface area contributed by atoms with E-state index in [1.807, 2.05) is 19.1 Å². The first-order chi connectivity index (χ1) is 17.3. The van der Waals surface area contributed by atoms with Crippen LogP contribution in [0.5, 0.6) is 5.75 Å². The summed E-state index contributed by atoms with van der Waals surface area (Å²) in [5, 5.41) is 24.5. The summed E-state index contributed by atoms with van der Waals surface area (Å²) >= 11 is 0. The van der Waals surface area contributed by atoms with E-state index in [-0.39, 0.29) is 0 Å². The third kappa shape index (κ3) is 4.22. The summed E-state index contributed by atoms with van der Waals surface area (Å²) in [6.07, 6.45) is 6.78. The van der Waals surface area contributed by atoms with Gasteiger partial charge in [-0.2, -0.15) is 0 Å². The van der Waals surface area contributed by atoms with E-state index in [1.165, 1.54) is 55.4 Å². The van der Waals surface area contributed by atoms with Crippen molar-refractivity contribution in [2.75, 3.05) is 26.2 Å². The zero-order valence-corrected chi connectivity index (χ0v) is 21.3. The van der Waals surface area contributed by atoms with Crippen LogP contribution in [0, 0.1) is 0 Å². The molecule has 5 rings (SSSR count). The summed E-state index contributed by atoms with van der Waals surface area (Å²) < 4.78 is 3.47. The maximum Gasteiger partial charge on any atom is 0.345 e. The molecule has 2 fully saturated rings. The van der Waals surface area contributed by atoms with Gasteiger partial charge in [0.1, 0.15) is 12.3 Å². The van der Waals surface area contributed by atoms with Crippen LogP contribution in [-0.2, 0) is 20.0 Å². The van der Waals surface area contributed by atoms with Crippen LogP contribution in [0.2, 0.25) is 0 Å². The standard InChI is InChI=1S/C28H36N4O4/c1-3-22-25(30-27(34)24(26(22)33)28(35)36)18-7-8-23-19(15-18)16-20(31(23)2)17-32(13-5-4-6-14-32)21-9-11-29-12-10-21/h7-8,15-16,21,29H,3-6,9-14,17H2,1-2H3,(H2-,30,33,34,35,36)/p+1. The predicted octanol–water partition coefficient (Wildman–Crippen LogP) is 3.75. The van der Waals surface area contributed by atoms with Crippen molar-refractivity contribution in [1.82, 2.24) is 14.9 Å². The fraction of sp³-hybridized carbons (Fsp3) is 0.500. The molecule has 2 aliphatic heterocycles. The number of aromatic hydroxyl groups is 1. The first-order valence-corrected chi connectivity index (χ1v) is 13.2. The smallest absolute Gasteiger partial charge is 0.345 e. The maximum absolute atomic E-state index is 12.5. The molecule has 0 aliphatic carbocycles. The second-order valence-electron chi connectivity index (χ2n) is 10.5. The molecule has 0 bridgehead atoms. The Hall–Kier alpha value is -3.10. The Kier molecular flexibility index (Phi) is 6.66. The molecule has 0 atom stereocenters. The van der Waals surface area contributed by atoms with E-state index in [9.17, 15) is 19.8 Å². The molecule has 2 aromatic heterocycles. The zero-order chi connectivity index (χ0) is 25.4. The molecule has 36 heavy (non-hydrogen) atoms. The lowest BCUT2D eigenvalue weighted by atomic mass is 9.96. The van der Waals surface area contributed by atoms with E-state index in [1.54, 1.807) is 0 Å². The number of likely N-dealkylation sites (tertiary alicyclic amines) is 1. The third-order valence-electron chi connectivity index (χ3n) is 8.55. The first kappa shape index (κ1) is 24.6. The molecule has 8 heteroatoms. The molecule has 0 spiro atoms. The average Bonchev–Trinajstić information content (AvgIpc) is 3.18. The number of fused-ring (bicyclic) bond motifs is 1. The molecule has 1 aromatic carbocycles. The number of pyridine rings is 1. The molecule has 3 aromatic rings. The van der Waals surface area contributed by atoms with Gasteiger partial charge in [-0.25, -0.2) is 4.79 Å². The molecule has 0 saturated carbocycles. The molecule has 4 heterocycles. The van der Waals surface area contributed by atoms with Crippen LogP contribution in [-0.4, -0.2) is 62.4 Å². The third-order valence-corrected chi connectivity index (χ3v) is 8.55. The highest BCUT2D eigenvalue weighted by Gasteiger charge is 2.39. The van der Waals surface area contributed by atoms with Crippen LogP contribution < -0.4 is 10.9 Å². The summed E-state index contributed by atoms with van der Waals surface area (Å²) in [6.45, 7) is 7.56. The van der Waals surface area contributed by atoms with Gasteiger partial charge < -0.3 is 29.6 Å². The van der Waals surface area contributed by atoms with Crippen molar-refractivity contribution in [3.63, 3.8) is 0 Å². The van der Waals surface area contributed by atoms with Crippen molar-refractivity contribution in [2.45, 2.75) is 58.0 Å². The number of quaternary nitrogens is 1. The van der Waals surface area contributed by atoms with Crippen molar-refractivity contribution in [2.24, 2.45) is 7.05 Å². The number of aromatic carboxylic acids is 1. The fourth-order valence-electron chi connectivity index (χ4n) is 6.60. The number of carboxylic acid groups (broad SMARTS) is 1. The van der Waals surface area contributed by atoms with Crippen LogP contribution in [0.3, 0.4) is 0 Å². The van der Waals surface area contributed by atoms with Crippen molar-refractivity contribution in [3.8, 4) is 17.0 Å². The lowest BCUT2D eigenvalue weighted by molar-refractivity contribution is -0.968. The van der Waals surface area contributed by atoms with E-state index in [4.69, 9.17) is 0 Å². The second kappa shape index (κ2) is 9.75. The largest absolute Gasteiger partial charge is 0.506 e. The molecule has 0 unspecified atom stereocenters. The molecule has 0 amide bonds.